The number of benzene rings is 1. The summed E-state index contributed by atoms with van der Waals surface area (Å²) in [7, 11) is -3.92. The number of carboxylic acid groups (broad SMARTS) is 3. The first-order valence-electron chi connectivity index (χ1n) is 10.5. The maximum Gasteiger partial charge on any atom is 0.370 e. The zero-order chi connectivity index (χ0) is 26.9. The maximum absolute atomic E-state index is 12.0. The summed E-state index contributed by atoms with van der Waals surface area (Å²) in [6.07, 6.45) is 6.99. The number of aliphatic hydroxyl groups is 1. The fourth-order valence-electron chi connectivity index (χ4n) is 2.00. The number of unbranched alkanes of at least 4 members (excludes halogenated alkanes) is 2. The molecule has 0 unspecified atom stereocenters. The first kappa shape index (κ1) is 32.8. The highest BCUT2D eigenvalue weighted by atomic mass is 32.2. The molecule has 0 bridgehead atoms. The van der Waals surface area contributed by atoms with E-state index in [0.29, 0.717) is 18.4 Å². The third kappa shape index (κ3) is 13.2. The minimum absolute atomic E-state index is 0.00481. The second kappa shape index (κ2) is 17.1. The first-order valence-corrected chi connectivity index (χ1v) is 12.0. The second-order valence-electron chi connectivity index (χ2n) is 6.91. The quantitative estimate of drug-likeness (QED) is 0.210. The van der Waals surface area contributed by atoms with Crippen molar-refractivity contribution in [2.45, 2.75) is 65.2 Å². The predicted octanol–water partition coefficient (Wildman–Crippen LogP) is 4.89. The molecular formula is C24H34O9S. The number of aliphatic hydroxyl groups excluding tert-OH is 1. The van der Waals surface area contributed by atoms with Crippen LogP contribution in [0.25, 0.3) is 0 Å². The Hall–Kier alpha value is -3.40. The van der Waals surface area contributed by atoms with Crippen LogP contribution in [0.3, 0.4) is 0 Å². The monoisotopic (exact) mass is 498 g/mol. The van der Waals surface area contributed by atoms with Crippen LogP contribution in [0.5, 0.6) is 0 Å². The molecule has 1 aromatic rings. The molecule has 0 aliphatic heterocycles. The Morgan fingerprint density at radius 3 is 1.74 bits per heavy atom. The van der Waals surface area contributed by atoms with Crippen molar-refractivity contribution >= 4 is 27.7 Å². The standard InChI is InChI=1S/C12H14O4S.C7H12O3.C5H8O2/c1-3-4-11(12(13)14)17(15,16)10-7-5-9(2)6-8-10;1-2-3-4-5-6(8)7(9)10;1-3-4(2)5(6)7/h4-8H,3H2,1-2H3,(H,13,14);5,8H,2-4H2,1H3,(H,9,10);3H,1-2H3,(H,6,7)/b11-4+;6-5-;4-3+. The Balaban J connectivity index is 0. The smallest absolute Gasteiger partial charge is 0.370 e. The van der Waals surface area contributed by atoms with Gasteiger partial charge in [0.05, 0.1) is 4.90 Å². The largest absolute Gasteiger partial charge is 0.502 e. The van der Waals surface area contributed by atoms with E-state index >= 15 is 0 Å². The van der Waals surface area contributed by atoms with E-state index in [1.54, 1.807) is 39.0 Å². The maximum atomic E-state index is 12.0. The SMILES string of the molecule is C/C=C(\C)C(=O)O.CC/C=C(\C(=O)O)S(=O)(=O)c1ccc(C)cc1.CCCC/C=C(\O)C(=O)O. The van der Waals surface area contributed by atoms with E-state index in [0.717, 1.165) is 18.4 Å². The fraction of sp³-hybridized carbons (Fsp3) is 0.375. The van der Waals surface area contributed by atoms with Crippen molar-refractivity contribution in [1.82, 2.24) is 0 Å². The van der Waals surface area contributed by atoms with Gasteiger partial charge in [-0.2, -0.15) is 0 Å². The van der Waals surface area contributed by atoms with Gasteiger partial charge in [-0.25, -0.2) is 22.8 Å². The van der Waals surface area contributed by atoms with Crippen molar-refractivity contribution < 1.29 is 43.2 Å². The Kier molecular flexibility index (Phi) is 16.5. The van der Waals surface area contributed by atoms with Crippen LogP contribution in [0, 0.1) is 6.92 Å². The number of carboxylic acids is 3. The van der Waals surface area contributed by atoms with Gasteiger partial charge in [-0.3, -0.25) is 0 Å². The molecule has 0 heterocycles. The van der Waals surface area contributed by atoms with Crippen molar-refractivity contribution in [2.24, 2.45) is 0 Å². The lowest BCUT2D eigenvalue weighted by Gasteiger charge is -2.05. The highest BCUT2D eigenvalue weighted by molar-refractivity contribution is 7.96. The third-order valence-corrected chi connectivity index (χ3v) is 5.92. The van der Waals surface area contributed by atoms with Gasteiger partial charge in [0.1, 0.15) is 0 Å². The Labute approximate surface area is 200 Å². The van der Waals surface area contributed by atoms with Crippen LogP contribution in [-0.2, 0) is 24.2 Å². The van der Waals surface area contributed by atoms with Crippen LogP contribution in [0.1, 0.15) is 58.9 Å². The van der Waals surface area contributed by atoms with Crippen molar-refractivity contribution in [3.05, 3.63) is 64.3 Å². The average Bonchev–Trinajstić information content (AvgIpc) is 2.77. The highest BCUT2D eigenvalue weighted by Crippen LogP contribution is 2.20. The second-order valence-corrected chi connectivity index (χ2v) is 8.83. The molecule has 9 nitrogen and oxygen atoms in total. The number of hydrogen-bond donors (Lipinski definition) is 4. The van der Waals surface area contributed by atoms with E-state index in [4.69, 9.17) is 20.4 Å². The van der Waals surface area contributed by atoms with Crippen LogP contribution in [0.4, 0.5) is 0 Å². The van der Waals surface area contributed by atoms with Gasteiger partial charge < -0.3 is 20.4 Å². The molecule has 0 saturated carbocycles. The Bertz CT molecular complexity index is 999. The van der Waals surface area contributed by atoms with Crippen molar-refractivity contribution in [3.8, 4) is 0 Å². The zero-order valence-corrected chi connectivity index (χ0v) is 20.9. The van der Waals surface area contributed by atoms with Gasteiger partial charge in [-0.05, 0) is 58.2 Å². The number of aryl methyl sites for hydroxylation is 1. The molecule has 10 heteroatoms. The summed E-state index contributed by atoms with van der Waals surface area (Å²) in [5.74, 6) is -4.07. The van der Waals surface area contributed by atoms with Gasteiger partial charge in [-0.1, -0.05) is 50.1 Å². The normalized spacial score (nSPS) is 12.0. The average molecular weight is 499 g/mol. The molecule has 1 aromatic carbocycles. The number of carbonyl (C=O) groups is 3. The summed E-state index contributed by atoms with van der Waals surface area (Å²) >= 11 is 0. The Morgan fingerprint density at radius 1 is 0.882 bits per heavy atom. The van der Waals surface area contributed by atoms with Gasteiger partial charge >= 0.3 is 17.9 Å². The van der Waals surface area contributed by atoms with Gasteiger partial charge in [0.15, 0.2) is 10.7 Å². The molecule has 0 aliphatic rings. The molecule has 0 saturated heterocycles. The van der Waals surface area contributed by atoms with Crippen LogP contribution in [-0.4, -0.2) is 46.8 Å². The van der Waals surface area contributed by atoms with Crippen LogP contribution in [0.2, 0.25) is 0 Å². The molecule has 0 radical (unpaired) electrons. The van der Waals surface area contributed by atoms with Crippen molar-refractivity contribution in [2.75, 3.05) is 0 Å². The van der Waals surface area contributed by atoms with E-state index in [1.165, 1.54) is 24.3 Å². The summed E-state index contributed by atoms with van der Waals surface area (Å²) in [6, 6.07) is 6.10. The first-order chi connectivity index (χ1) is 15.8. The van der Waals surface area contributed by atoms with Gasteiger partial charge in [0.2, 0.25) is 9.84 Å². The van der Waals surface area contributed by atoms with E-state index in [9.17, 15) is 22.8 Å². The van der Waals surface area contributed by atoms with Crippen molar-refractivity contribution in [1.29, 1.82) is 0 Å². The minimum Gasteiger partial charge on any atom is -0.502 e. The van der Waals surface area contributed by atoms with E-state index in [1.807, 2.05) is 13.8 Å². The number of sulfone groups is 1. The summed E-state index contributed by atoms with van der Waals surface area (Å²) in [4.78, 5) is 30.2. The van der Waals surface area contributed by atoms with Crippen molar-refractivity contribution in [3.63, 3.8) is 0 Å². The summed E-state index contributed by atoms with van der Waals surface area (Å²) in [6.45, 7) is 8.78. The lowest BCUT2D eigenvalue weighted by molar-refractivity contribution is -0.135. The third-order valence-electron chi connectivity index (χ3n) is 4.11. The van der Waals surface area contributed by atoms with E-state index < -0.39 is 38.4 Å². The fourth-order valence-corrected chi connectivity index (χ4v) is 3.36. The lowest BCUT2D eigenvalue weighted by atomic mass is 10.2. The summed E-state index contributed by atoms with van der Waals surface area (Å²) in [5, 5.41) is 33.8. The van der Waals surface area contributed by atoms with Gasteiger partial charge in [0.25, 0.3) is 0 Å². The molecule has 34 heavy (non-hydrogen) atoms. The lowest BCUT2D eigenvalue weighted by Crippen LogP contribution is -2.13. The zero-order valence-electron chi connectivity index (χ0n) is 20.1. The van der Waals surface area contributed by atoms with Crippen LogP contribution in [0.15, 0.2) is 63.6 Å². The number of rotatable bonds is 9. The van der Waals surface area contributed by atoms with Gasteiger partial charge in [-0.15, -0.1) is 0 Å². The Morgan fingerprint density at radius 2 is 1.41 bits per heavy atom. The van der Waals surface area contributed by atoms with E-state index in [-0.39, 0.29) is 4.90 Å². The highest BCUT2D eigenvalue weighted by Gasteiger charge is 2.25. The predicted molar refractivity (Wildman–Crippen MR) is 129 cm³/mol. The molecule has 190 valence electrons. The molecule has 0 fully saturated rings. The summed E-state index contributed by atoms with van der Waals surface area (Å²) in [5.41, 5.74) is 1.31. The summed E-state index contributed by atoms with van der Waals surface area (Å²) < 4.78 is 24.1. The van der Waals surface area contributed by atoms with Gasteiger partial charge in [0, 0.05) is 5.57 Å². The molecule has 1 rings (SSSR count). The number of hydrogen-bond acceptors (Lipinski definition) is 6. The van der Waals surface area contributed by atoms with E-state index in [2.05, 4.69) is 0 Å². The molecule has 4 N–H and O–H groups in total. The minimum atomic E-state index is -3.92. The topological polar surface area (TPSA) is 166 Å². The molecule has 0 amide bonds. The van der Waals surface area contributed by atoms with Crippen LogP contribution >= 0.6 is 0 Å². The number of allylic oxidation sites excluding steroid dienone is 3. The molecule has 0 atom stereocenters. The number of aliphatic carboxylic acids is 3. The molecule has 0 spiro atoms. The molecule has 0 aliphatic carbocycles. The molecular weight excluding hydrogens is 464 g/mol. The van der Waals surface area contributed by atoms with Crippen LogP contribution < -0.4 is 0 Å². The molecule has 0 aromatic heterocycles.